The Morgan fingerprint density at radius 2 is 2.00 bits per heavy atom. The van der Waals surface area contributed by atoms with E-state index < -0.39 is 6.10 Å². The van der Waals surface area contributed by atoms with Gasteiger partial charge in [0.2, 0.25) is 0 Å². The highest BCUT2D eigenvalue weighted by Crippen LogP contribution is 2.21. The maximum Gasteiger partial charge on any atom is 0.263 e. The van der Waals surface area contributed by atoms with Crippen LogP contribution in [0.5, 0.6) is 5.75 Å². The van der Waals surface area contributed by atoms with Crippen LogP contribution >= 0.6 is 0 Å². The number of aromatic nitrogens is 2. The fourth-order valence-corrected chi connectivity index (χ4v) is 3.03. The van der Waals surface area contributed by atoms with Gasteiger partial charge in [-0.25, -0.2) is 4.98 Å². The standard InChI is InChI=1S/C21H25N3O2/c1-16(26-19-11-10-17-7-4-5-8-18(17)15-19)21(25)24(3)13-6-9-20-22-12-14-23(20)2/h4-5,7-8,10-12,14-16H,6,9,13H2,1-3H3. The molecule has 2 aromatic carbocycles. The van der Waals surface area contributed by atoms with E-state index in [1.807, 2.05) is 61.3 Å². The lowest BCUT2D eigenvalue weighted by molar-refractivity contribution is -0.136. The molecule has 5 heteroatoms. The molecule has 0 fully saturated rings. The van der Waals surface area contributed by atoms with Crippen LogP contribution in [0.4, 0.5) is 0 Å². The molecule has 1 atom stereocenters. The third-order valence-electron chi connectivity index (χ3n) is 4.57. The molecular formula is C21H25N3O2. The van der Waals surface area contributed by atoms with Crippen molar-refractivity contribution in [3.05, 3.63) is 60.7 Å². The largest absolute Gasteiger partial charge is 0.481 e. The minimum Gasteiger partial charge on any atom is -0.481 e. The van der Waals surface area contributed by atoms with E-state index in [-0.39, 0.29) is 5.91 Å². The molecule has 1 unspecified atom stereocenters. The molecule has 26 heavy (non-hydrogen) atoms. The molecule has 0 aliphatic carbocycles. The number of hydrogen-bond acceptors (Lipinski definition) is 3. The number of rotatable bonds is 7. The number of carbonyl (C=O) groups is 1. The number of imidazole rings is 1. The van der Waals surface area contributed by atoms with Crippen LogP contribution < -0.4 is 4.74 Å². The molecule has 5 nitrogen and oxygen atoms in total. The predicted octanol–water partition coefficient (Wildman–Crippen LogP) is 3.43. The van der Waals surface area contributed by atoms with Crippen LogP contribution in [-0.2, 0) is 18.3 Å². The number of aryl methyl sites for hydroxylation is 2. The van der Waals surface area contributed by atoms with Crippen molar-refractivity contribution in [2.45, 2.75) is 25.9 Å². The van der Waals surface area contributed by atoms with E-state index in [9.17, 15) is 4.79 Å². The summed E-state index contributed by atoms with van der Waals surface area (Å²) in [5.41, 5.74) is 0. The Morgan fingerprint density at radius 1 is 1.23 bits per heavy atom. The number of carbonyl (C=O) groups excluding carboxylic acids is 1. The fourth-order valence-electron chi connectivity index (χ4n) is 3.03. The van der Waals surface area contributed by atoms with Crippen molar-refractivity contribution >= 4 is 16.7 Å². The van der Waals surface area contributed by atoms with Gasteiger partial charge in [0.15, 0.2) is 6.10 Å². The monoisotopic (exact) mass is 351 g/mol. The van der Waals surface area contributed by atoms with E-state index in [0.29, 0.717) is 12.3 Å². The lowest BCUT2D eigenvalue weighted by atomic mass is 10.1. The summed E-state index contributed by atoms with van der Waals surface area (Å²) in [6.45, 7) is 2.48. The summed E-state index contributed by atoms with van der Waals surface area (Å²) in [7, 11) is 3.80. The zero-order valence-electron chi connectivity index (χ0n) is 15.6. The van der Waals surface area contributed by atoms with Crippen LogP contribution in [-0.4, -0.2) is 40.1 Å². The molecule has 3 aromatic rings. The molecule has 1 heterocycles. The SMILES string of the molecule is CC(Oc1ccc2ccccc2c1)C(=O)N(C)CCCc1nccn1C. The third-order valence-corrected chi connectivity index (χ3v) is 4.57. The average Bonchev–Trinajstić information content (AvgIpc) is 3.05. The first-order valence-electron chi connectivity index (χ1n) is 8.91. The Labute approximate surface area is 154 Å². The number of amides is 1. The van der Waals surface area contributed by atoms with Crippen LogP contribution in [0.1, 0.15) is 19.2 Å². The average molecular weight is 351 g/mol. The Hall–Kier alpha value is -2.82. The second kappa shape index (κ2) is 8.04. The van der Waals surface area contributed by atoms with Crippen molar-refractivity contribution in [3.8, 4) is 5.75 Å². The number of hydrogen-bond donors (Lipinski definition) is 0. The summed E-state index contributed by atoms with van der Waals surface area (Å²) in [5.74, 6) is 1.73. The van der Waals surface area contributed by atoms with E-state index in [4.69, 9.17) is 4.74 Å². The number of ether oxygens (including phenoxy) is 1. The first-order chi connectivity index (χ1) is 12.5. The van der Waals surface area contributed by atoms with Crippen molar-refractivity contribution in [2.75, 3.05) is 13.6 Å². The van der Waals surface area contributed by atoms with E-state index >= 15 is 0 Å². The quantitative estimate of drug-likeness (QED) is 0.655. The van der Waals surface area contributed by atoms with Crippen LogP contribution in [0.2, 0.25) is 0 Å². The van der Waals surface area contributed by atoms with Crippen molar-refractivity contribution < 1.29 is 9.53 Å². The fraction of sp³-hybridized carbons (Fsp3) is 0.333. The van der Waals surface area contributed by atoms with Crippen molar-refractivity contribution in [1.82, 2.24) is 14.5 Å². The lowest BCUT2D eigenvalue weighted by Gasteiger charge is -2.22. The van der Waals surface area contributed by atoms with Gasteiger partial charge in [0.05, 0.1) is 0 Å². The van der Waals surface area contributed by atoms with Gasteiger partial charge in [0, 0.05) is 39.5 Å². The summed E-state index contributed by atoms with van der Waals surface area (Å²) in [6.07, 6.45) is 4.93. The number of nitrogens with zero attached hydrogens (tertiary/aromatic N) is 3. The van der Waals surface area contributed by atoms with Gasteiger partial charge in [-0.05, 0) is 36.2 Å². The second-order valence-electron chi connectivity index (χ2n) is 6.59. The zero-order chi connectivity index (χ0) is 18.5. The second-order valence-corrected chi connectivity index (χ2v) is 6.59. The van der Waals surface area contributed by atoms with E-state index in [1.165, 1.54) is 0 Å². The predicted molar refractivity (Wildman–Crippen MR) is 103 cm³/mol. The van der Waals surface area contributed by atoms with Crippen molar-refractivity contribution in [1.29, 1.82) is 0 Å². The van der Waals surface area contributed by atoms with Crippen LogP contribution in [0.25, 0.3) is 10.8 Å². The highest BCUT2D eigenvalue weighted by molar-refractivity contribution is 5.84. The molecular weight excluding hydrogens is 326 g/mol. The van der Waals surface area contributed by atoms with Gasteiger partial charge >= 0.3 is 0 Å². The molecule has 3 rings (SSSR count). The van der Waals surface area contributed by atoms with Crippen molar-refractivity contribution in [2.24, 2.45) is 7.05 Å². The van der Waals surface area contributed by atoms with Gasteiger partial charge in [-0.1, -0.05) is 30.3 Å². The van der Waals surface area contributed by atoms with E-state index in [1.54, 1.807) is 18.0 Å². The van der Waals surface area contributed by atoms with Gasteiger partial charge in [-0.15, -0.1) is 0 Å². The van der Waals surface area contributed by atoms with Gasteiger partial charge in [-0.2, -0.15) is 0 Å². The Morgan fingerprint density at radius 3 is 2.73 bits per heavy atom. The van der Waals surface area contributed by atoms with Crippen LogP contribution in [0, 0.1) is 0 Å². The van der Waals surface area contributed by atoms with Gasteiger partial charge in [0.1, 0.15) is 11.6 Å². The highest BCUT2D eigenvalue weighted by atomic mass is 16.5. The minimum absolute atomic E-state index is 0.0157. The number of likely N-dealkylation sites (N-methyl/N-ethyl adjacent to an activating group) is 1. The summed E-state index contributed by atoms with van der Waals surface area (Å²) in [6, 6.07) is 14.0. The van der Waals surface area contributed by atoms with Crippen molar-refractivity contribution in [3.63, 3.8) is 0 Å². The number of fused-ring (bicyclic) bond motifs is 1. The molecule has 0 aliphatic rings. The highest BCUT2D eigenvalue weighted by Gasteiger charge is 2.19. The van der Waals surface area contributed by atoms with Gasteiger partial charge in [-0.3, -0.25) is 4.79 Å². The topological polar surface area (TPSA) is 47.4 Å². The molecule has 136 valence electrons. The Balaban J connectivity index is 1.53. The minimum atomic E-state index is -0.519. The molecule has 1 amide bonds. The summed E-state index contributed by atoms with van der Waals surface area (Å²) in [5, 5.41) is 2.26. The van der Waals surface area contributed by atoms with E-state index in [0.717, 1.165) is 29.4 Å². The van der Waals surface area contributed by atoms with Gasteiger partial charge in [0.25, 0.3) is 5.91 Å². The van der Waals surface area contributed by atoms with E-state index in [2.05, 4.69) is 11.1 Å². The third kappa shape index (κ3) is 4.23. The number of benzene rings is 2. The Kier molecular flexibility index (Phi) is 5.56. The molecule has 0 saturated heterocycles. The molecule has 0 bridgehead atoms. The molecule has 1 aromatic heterocycles. The van der Waals surface area contributed by atoms with Gasteiger partial charge < -0.3 is 14.2 Å². The van der Waals surface area contributed by atoms with Crippen LogP contribution in [0.3, 0.4) is 0 Å². The zero-order valence-corrected chi connectivity index (χ0v) is 15.6. The molecule has 0 spiro atoms. The summed E-state index contributed by atoms with van der Waals surface area (Å²) in [4.78, 5) is 18.6. The maximum atomic E-state index is 12.6. The first-order valence-corrected chi connectivity index (χ1v) is 8.91. The lowest BCUT2D eigenvalue weighted by Crippen LogP contribution is -2.38. The molecule has 0 N–H and O–H groups in total. The van der Waals surface area contributed by atoms with Crippen LogP contribution in [0.15, 0.2) is 54.9 Å². The molecule has 0 saturated carbocycles. The summed E-state index contributed by atoms with van der Waals surface area (Å²) >= 11 is 0. The molecule has 0 aliphatic heterocycles. The molecule has 0 radical (unpaired) electrons. The Bertz CT molecular complexity index is 888. The smallest absolute Gasteiger partial charge is 0.263 e. The maximum absolute atomic E-state index is 12.6. The normalized spacial score (nSPS) is 12.1. The first kappa shape index (κ1) is 18.0. The summed E-state index contributed by atoms with van der Waals surface area (Å²) < 4.78 is 7.88.